The monoisotopic (exact) mass is 214 g/mol. The van der Waals surface area contributed by atoms with E-state index in [9.17, 15) is 14.3 Å². The first-order valence-corrected chi connectivity index (χ1v) is 4.19. The lowest BCUT2D eigenvalue weighted by molar-refractivity contribution is 0.0688. The summed E-state index contributed by atoms with van der Waals surface area (Å²) in [7, 11) is 0. The van der Waals surface area contributed by atoms with E-state index in [2.05, 4.69) is 0 Å². The second-order valence-electron chi connectivity index (χ2n) is 3.01. The van der Waals surface area contributed by atoms with E-state index < -0.39 is 29.1 Å². The molecule has 0 bridgehead atoms. The Hall–Kier alpha value is -1.66. The van der Waals surface area contributed by atoms with Gasteiger partial charge >= 0.3 is 5.97 Å². The van der Waals surface area contributed by atoms with Crippen LogP contribution in [0.4, 0.5) is 4.39 Å². The first-order valence-electron chi connectivity index (χ1n) is 4.19. The Labute approximate surface area is 85.1 Å². The number of hydrogen-bond acceptors (Lipinski definition) is 4. The molecule has 0 radical (unpaired) electrons. The van der Waals surface area contributed by atoms with Gasteiger partial charge in [-0.05, 0) is 6.07 Å². The van der Waals surface area contributed by atoms with Gasteiger partial charge in [-0.3, -0.25) is 0 Å². The van der Waals surface area contributed by atoms with Crippen LogP contribution in [-0.2, 0) is 0 Å². The molecule has 0 spiro atoms. The minimum Gasteiger partial charge on any atom is -0.507 e. The minimum atomic E-state index is -1.55. The molecule has 6 heteroatoms. The quantitative estimate of drug-likeness (QED) is 0.574. The van der Waals surface area contributed by atoms with Crippen molar-refractivity contribution in [2.45, 2.75) is 6.04 Å². The summed E-state index contributed by atoms with van der Waals surface area (Å²) < 4.78 is 13.0. The molecule has 15 heavy (non-hydrogen) atoms. The second-order valence-corrected chi connectivity index (χ2v) is 3.01. The molecule has 6 N–H and O–H groups in total. The highest BCUT2D eigenvalue weighted by Crippen LogP contribution is 2.28. The molecule has 0 aliphatic carbocycles. The number of hydrogen-bond donors (Lipinski definition) is 4. The van der Waals surface area contributed by atoms with Gasteiger partial charge in [-0.2, -0.15) is 0 Å². The Balaban J connectivity index is 3.34. The fraction of sp³-hybridized carbons (Fsp3) is 0.222. The third kappa shape index (κ3) is 2.05. The van der Waals surface area contributed by atoms with Crippen molar-refractivity contribution in [1.82, 2.24) is 0 Å². The number of carboxylic acid groups (broad SMARTS) is 1. The van der Waals surface area contributed by atoms with E-state index >= 15 is 0 Å². The van der Waals surface area contributed by atoms with E-state index in [-0.39, 0.29) is 12.1 Å². The number of carboxylic acids is 1. The van der Waals surface area contributed by atoms with Crippen LogP contribution in [0.5, 0.6) is 5.75 Å². The Kier molecular flexibility index (Phi) is 3.23. The molecule has 0 aliphatic heterocycles. The fourth-order valence-electron chi connectivity index (χ4n) is 1.21. The Morgan fingerprint density at radius 1 is 1.53 bits per heavy atom. The molecule has 0 saturated carbocycles. The predicted molar refractivity (Wildman–Crippen MR) is 51.0 cm³/mol. The highest BCUT2D eigenvalue weighted by Gasteiger charge is 2.21. The van der Waals surface area contributed by atoms with Gasteiger partial charge in [0.1, 0.15) is 17.1 Å². The lowest BCUT2D eigenvalue weighted by Gasteiger charge is -2.13. The van der Waals surface area contributed by atoms with Crippen molar-refractivity contribution >= 4 is 5.97 Å². The van der Waals surface area contributed by atoms with Gasteiger partial charge in [-0.1, -0.05) is 6.07 Å². The molecule has 0 saturated heterocycles. The predicted octanol–water partition coefficient (Wildman–Crippen LogP) is 0.188. The zero-order valence-corrected chi connectivity index (χ0v) is 7.77. The average molecular weight is 214 g/mol. The molecule has 0 aliphatic rings. The number of aromatic hydroxyl groups is 1. The van der Waals surface area contributed by atoms with Crippen molar-refractivity contribution < 1.29 is 19.4 Å². The zero-order chi connectivity index (χ0) is 11.6. The number of carbonyl (C=O) groups is 1. The number of phenols is 1. The number of nitrogens with two attached hydrogens (primary N) is 2. The summed E-state index contributed by atoms with van der Waals surface area (Å²) in [6.07, 6.45) is 0. The summed E-state index contributed by atoms with van der Waals surface area (Å²) in [4.78, 5) is 10.6. The minimum absolute atomic E-state index is 0.0260. The summed E-state index contributed by atoms with van der Waals surface area (Å²) >= 11 is 0. The third-order valence-electron chi connectivity index (χ3n) is 2.03. The van der Waals surface area contributed by atoms with Crippen molar-refractivity contribution in [3.8, 4) is 5.75 Å². The summed E-state index contributed by atoms with van der Waals surface area (Å²) in [6.45, 7) is 0.0260. The van der Waals surface area contributed by atoms with E-state index in [1.807, 2.05) is 0 Å². The maximum atomic E-state index is 13.0. The van der Waals surface area contributed by atoms with Crippen LogP contribution in [0.3, 0.4) is 0 Å². The van der Waals surface area contributed by atoms with Gasteiger partial charge in [-0.25, -0.2) is 9.18 Å². The fourth-order valence-corrected chi connectivity index (χ4v) is 1.21. The lowest BCUT2D eigenvalue weighted by atomic mass is 10.0. The molecule has 82 valence electrons. The molecular formula is C9H11FN2O3. The first-order chi connectivity index (χ1) is 6.99. The molecule has 0 amide bonds. The van der Waals surface area contributed by atoms with Crippen LogP contribution in [0.25, 0.3) is 0 Å². The summed E-state index contributed by atoms with van der Waals surface area (Å²) in [5.41, 5.74) is 10.1. The Bertz CT molecular complexity index is 395. The molecule has 0 fully saturated rings. The maximum absolute atomic E-state index is 13.0. The molecule has 1 rings (SSSR count). The summed E-state index contributed by atoms with van der Waals surface area (Å²) in [6, 6.07) is 1.44. The molecule has 0 unspecified atom stereocenters. The number of aromatic carboxylic acids is 1. The lowest BCUT2D eigenvalue weighted by Crippen LogP contribution is -2.21. The number of benzene rings is 1. The van der Waals surface area contributed by atoms with Crippen LogP contribution in [0, 0.1) is 5.82 Å². The van der Waals surface area contributed by atoms with Gasteiger partial charge in [-0.15, -0.1) is 0 Å². The van der Waals surface area contributed by atoms with Gasteiger partial charge in [0.15, 0.2) is 0 Å². The molecule has 1 aromatic carbocycles. The van der Waals surface area contributed by atoms with Crippen LogP contribution < -0.4 is 11.5 Å². The van der Waals surface area contributed by atoms with E-state index in [1.165, 1.54) is 6.07 Å². The van der Waals surface area contributed by atoms with Crippen molar-refractivity contribution in [2.75, 3.05) is 6.54 Å². The Morgan fingerprint density at radius 3 is 2.60 bits per heavy atom. The number of rotatable bonds is 3. The van der Waals surface area contributed by atoms with Crippen molar-refractivity contribution in [2.24, 2.45) is 11.5 Å². The van der Waals surface area contributed by atoms with Gasteiger partial charge < -0.3 is 21.7 Å². The van der Waals surface area contributed by atoms with E-state index in [0.29, 0.717) is 0 Å². The molecule has 0 heterocycles. The highest BCUT2D eigenvalue weighted by molar-refractivity contribution is 5.91. The zero-order valence-electron chi connectivity index (χ0n) is 7.77. The topological polar surface area (TPSA) is 110 Å². The summed E-state index contributed by atoms with van der Waals surface area (Å²) in [5, 5.41) is 18.1. The summed E-state index contributed by atoms with van der Waals surface area (Å²) in [5.74, 6) is -3.22. The number of halogens is 1. The van der Waals surface area contributed by atoms with Gasteiger partial charge in [0.05, 0.1) is 0 Å². The van der Waals surface area contributed by atoms with Gasteiger partial charge in [0.2, 0.25) is 0 Å². The smallest absolute Gasteiger partial charge is 0.342 e. The van der Waals surface area contributed by atoms with Crippen LogP contribution >= 0.6 is 0 Å². The molecule has 0 aromatic heterocycles. The van der Waals surface area contributed by atoms with Crippen LogP contribution in [0.15, 0.2) is 12.1 Å². The average Bonchev–Trinajstić information content (AvgIpc) is 2.16. The third-order valence-corrected chi connectivity index (χ3v) is 2.03. The highest BCUT2D eigenvalue weighted by atomic mass is 19.1. The van der Waals surface area contributed by atoms with E-state index in [0.717, 1.165) is 6.07 Å². The van der Waals surface area contributed by atoms with Crippen LogP contribution in [0.2, 0.25) is 0 Å². The van der Waals surface area contributed by atoms with Crippen molar-refractivity contribution in [3.63, 3.8) is 0 Å². The van der Waals surface area contributed by atoms with Gasteiger partial charge in [0, 0.05) is 18.2 Å². The molecule has 1 atom stereocenters. The second kappa shape index (κ2) is 4.24. The largest absolute Gasteiger partial charge is 0.507 e. The normalized spacial score (nSPS) is 12.5. The van der Waals surface area contributed by atoms with Crippen LogP contribution in [-0.4, -0.2) is 22.7 Å². The Morgan fingerprint density at radius 2 is 2.13 bits per heavy atom. The van der Waals surface area contributed by atoms with E-state index in [4.69, 9.17) is 16.6 Å². The molecule has 1 aromatic rings. The SMILES string of the molecule is NC[C@H](N)c1ccc(F)c(C(=O)O)c1O. The standard InChI is InChI=1S/C9H11FN2O3/c10-5-2-1-4(6(12)3-11)8(13)7(5)9(14)15/h1-2,6,13H,3,11-12H2,(H,14,15)/t6-/m0/s1. The maximum Gasteiger partial charge on any atom is 0.342 e. The van der Waals surface area contributed by atoms with Crippen molar-refractivity contribution in [1.29, 1.82) is 0 Å². The van der Waals surface area contributed by atoms with Crippen molar-refractivity contribution in [3.05, 3.63) is 29.1 Å². The van der Waals surface area contributed by atoms with Gasteiger partial charge in [0.25, 0.3) is 0 Å². The van der Waals surface area contributed by atoms with Crippen LogP contribution in [0.1, 0.15) is 22.0 Å². The van der Waals surface area contributed by atoms with E-state index in [1.54, 1.807) is 0 Å². The molecular weight excluding hydrogens is 203 g/mol. The first kappa shape index (κ1) is 11.4. The molecule has 5 nitrogen and oxygen atoms in total.